The van der Waals surface area contributed by atoms with Crippen LogP contribution in [0.1, 0.15) is 29.5 Å². The van der Waals surface area contributed by atoms with Gasteiger partial charge in [-0.1, -0.05) is 42.5 Å². The molecule has 1 N–H and O–H groups in total. The van der Waals surface area contributed by atoms with Crippen molar-refractivity contribution in [3.8, 4) is 5.75 Å². The second-order valence-corrected chi connectivity index (χ2v) is 5.84. The predicted molar refractivity (Wildman–Crippen MR) is 85.8 cm³/mol. The molecule has 0 radical (unpaired) electrons. The van der Waals surface area contributed by atoms with Crippen molar-refractivity contribution in [2.45, 2.75) is 18.4 Å². The van der Waals surface area contributed by atoms with Gasteiger partial charge in [0.05, 0.1) is 13.2 Å². The molecule has 106 valence electrons. The molecule has 0 spiro atoms. The minimum absolute atomic E-state index is 0.382. The summed E-state index contributed by atoms with van der Waals surface area (Å²) in [6.07, 6.45) is 5.81. The summed E-state index contributed by atoms with van der Waals surface area (Å²) < 4.78 is 5.39. The third kappa shape index (κ3) is 2.02. The van der Waals surface area contributed by atoms with Gasteiger partial charge in [0.2, 0.25) is 0 Å². The van der Waals surface area contributed by atoms with E-state index in [1.807, 2.05) is 6.07 Å². The third-order valence-corrected chi connectivity index (χ3v) is 4.73. The minimum atomic E-state index is 0.382. The molecular formula is C19H19NO. The number of hydrogen-bond acceptors (Lipinski definition) is 2. The van der Waals surface area contributed by atoms with E-state index >= 15 is 0 Å². The molecule has 1 aliphatic carbocycles. The summed E-state index contributed by atoms with van der Waals surface area (Å²) in [6.45, 7) is 0. The average molecular weight is 277 g/mol. The van der Waals surface area contributed by atoms with Gasteiger partial charge >= 0.3 is 0 Å². The fourth-order valence-corrected chi connectivity index (χ4v) is 3.69. The number of fused-ring (bicyclic) bond motifs is 3. The van der Waals surface area contributed by atoms with Crippen LogP contribution >= 0.6 is 0 Å². The molecule has 21 heavy (non-hydrogen) atoms. The Morgan fingerprint density at radius 1 is 1.10 bits per heavy atom. The zero-order chi connectivity index (χ0) is 14.2. The highest BCUT2D eigenvalue weighted by Gasteiger charge is 2.37. The van der Waals surface area contributed by atoms with Crippen LogP contribution in [0, 0.1) is 5.92 Å². The number of methoxy groups -OCH3 is 1. The smallest absolute Gasteiger partial charge is 0.119 e. The van der Waals surface area contributed by atoms with Crippen molar-refractivity contribution in [1.29, 1.82) is 0 Å². The predicted octanol–water partition coefficient (Wildman–Crippen LogP) is 4.52. The summed E-state index contributed by atoms with van der Waals surface area (Å²) >= 11 is 0. The highest BCUT2D eigenvalue weighted by atomic mass is 16.5. The zero-order valence-corrected chi connectivity index (χ0v) is 12.1. The monoisotopic (exact) mass is 277 g/mol. The van der Waals surface area contributed by atoms with E-state index in [-0.39, 0.29) is 0 Å². The van der Waals surface area contributed by atoms with Gasteiger partial charge < -0.3 is 10.1 Å². The first-order valence-electron chi connectivity index (χ1n) is 7.53. The van der Waals surface area contributed by atoms with E-state index in [0.29, 0.717) is 17.9 Å². The lowest BCUT2D eigenvalue weighted by molar-refractivity contribution is 0.405. The number of nitrogens with one attached hydrogen (secondary N) is 1. The van der Waals surface area contributed by atoms with Gasteiger partial charge in [0.25, 0.3) is 0 Å². The number of hydrogen-bond donors (Lipinski definition) is 1. The summed E-state index contributed by atoms with van der Waals surface area (Å²) in [4.78, 5) is 0. The van der Waals surface area contributed by atoms with E-state index in [1.54, 1.807) is 7.11 Å². The summed E-state index contributed by atoms with van der Waals surface area (Å²) in [7, 11) is 1.73. The number of rotatable bonds is 2. The van der Waals surface area contributed by atoms with Crippen LogP contribution in [-0.2, 0) is 0 Å². The molecule has 0 unspecified atom stereocenters. The number of benzene rings is 2. The van der Waals surface area contributed by atoms with Gasteiger partial charge in [-0.15, -0.1) is 0 Å². The van der Waals surface area contributed by atoms with Crippen LogP contribution in [0.4, 0.5) is 5.69 Å². The van der Waals surface area contributed by atoms with Crippen molar-refractivity contribution in [2.75, 3.05) is 12.4 Å². The van der Waals surface area contributed by atoms with Crippen molar-refractivity contribution < 1.29 is 4.74 Å². The lowest BCUT2D eigenvalue weighted by Crippen LogP contribution is -2.28. The second kappa shape index (κ2) is 4.96. The molecule has 0 saturated carbocycles. The Morgan fingerprint density at radius 3 is 2.76 bits per heavy atom. The van der Waals surface area contributed by atoms with Crippen LogP contribution in [0.3, 0.4) is 0 Å². The van der Waals surface area contributed by atoms with E-state index in [1.165, 1.54) is 16.8 Å². The van der Waals surface area contributed by atoms with Crippen molar-refractivity contribution in [2.24, 2.45) is 5.92 Å². The van der Waals surface area contributed by atoms with Gasteiger partial charge in [0, 0.05) is 11.6 Å². The van der Waals surface area contributed by atoms with Crippen molar-refractivity contribution >= 4 is 5.69 Å². The molecule has 0 fully saturated rings. The maximum Gasteiger partial charge on any atom is 0.119 e. The molecule has 1 heterocycles. The molecule has 0 amide bonds. The van der Waals surface area contributed by atoms with Crippen molar-refractivity contribution in [3.63, 3.8) is 0 Å². The molecule has 2 aromatic carbocycles. The summed E-state index contributed by atoms with van der Waals surface area (Å²) in [5.74, 6) is 2.02. The molecule has 0 saturated heterocycles. The fraction of sp³-hybridized carbons (Fsp3) is 0.263. The fourth-order valence-electron chi connectivity index (χ4n) is 3.69. The number of ether oxygens (including phenoxy) is 1. The average Bonchev–Trinajstić information content (AvgIpc) is 3.04. The van der Waals surface area contributed by atoms with Gasteiger partial charge in [-0.3, -0.25) is 0 Å². The molecular weight excluding hydrogens is 258 g/mol. The molecule has 4 rings (SSSR count). The standard InChI is InChI=1S/C19H19NO/c1-21-14-10-11-18-17(12-14)15-8-5-9-16(15)19(20-18)13-6-3-2-4-7-13/h2-8,10-12,15-16,19-20H,9H2,1H3/t15-,16-,19-/m1/s1. The molecule has 1 aliphatic heterocycles. The van der Waals surface area contributed by atoms with Crippen LogP contribution in [0.25, 0.3) is 0 Å². The Bertz CT molecular complexity index is 677. The van der Waals surface area contributed by atoms with Gasteiger partial charge in [-0.2, -0.15) is 0 Å². The SMILES string of the molecule is COc1ccc2c(c1)[C@@H]1C=CC[C@H]1[C@@H](c1ccccc1)N2. The molecule has 0 bridgehead atoms. The van der Waals surface area contributed by atoms with E-state index in [0.717, 1.165) is 12.2 Å². The van der Waals surface area contributed by atoms with Gasteiger partial charge in [0.15, 0.2) is 0 Å². The molecule has 2 aliphatic rings. The highest BCUT2D eigenvalue weighted by Crippen LogP contribution is 2.50. The molecule has 2 nitrogen and oxygen atoms in total. The maximum absolute atomic E-state index is 5.39. The Labute approximate surface area is 125 Å². The van der Waals surface area contributed by atoms with E-state index in [2.05, 4.69) is 59.9 Å². The Balaban J connectivity index is 1.78. The van der Waals surface area contributed by atoms with Crippen LogP contribution in [0.15, 0.2) is 60.7 Å². The minimum Gasteiger partial charge on any atom is -0.497 e. The molecule has 2 heteroatoms. The van der Waals surface area contributed by atoms with Crippen LogP contribution in [0.2, 0.25) is 0 Å². The van der Waals surface area contributed by atoms with E-state index in [9.17, 15) is 0 Å². The lowest BCUT2D eigenvalue weighted by Gasteiger charge is -2.37. The van der Waals surface area contributed by atoms with E-state index in [4.69, 9.17) is 4.74 Å². The molecule has 0 aromatic heterocycles. The Hall–Kier alpha value is -2.22. The van der Waals surface area contributed by atoms with Crippen molar-refractivity contribution in [3.05, 3.63) is 71.8 Å². The summed E-state index contributed by atoms with van der Waals surface area (Å²) in [6, 6.07) is 17.5. The van der Waals surface area contributed by atoms with Crippen molar-refractivity contribution in [1.82, 2.24) is 0 Å². The summed E-state index contributed by atoms with van der Waals surface area (Å²) in [5, 5.41) is 3.74. The zero-order valence-electron chi connectivity index (χ0n) is 12.1. The molecule has 2 aromatic rings. The quantitative estimate of drug-likeness (QED) is 0.815. The van der Waals surface area contributed by atoms with Gasteiger partial charge in [-0.25, -0.2) is 0 Å². The molecule has 3 atom stereocenters. The van der Waals surface area contributed by atoms with Crippen LogP contribution in [-0.4, -0.2) is 7.11 Å². The highest BCUT2D eigenvalue weighted by molar-refractivity contribution is 5.61. The van der Waals surface area contributed by atoms with Gasteiger partial charge in [0.1, 0.15) is 5.75 Å². The van der Waals surface area contributed by atoms with Gasteiger partial charge in [-0.05, 0) is 41.7 Å². The topological polar surface area (TPSA) is 21.3 Å². The maximum atomic E-state index is 5.39. The Morgan fingerprint density at radius 2 is 1.95 bits per heavy atom. The first-order chi connectivity index (χ1) is 10.4. The first-order valence-corrected chi connectivity index (χ1v) is 7.53. The third-order valence-electron chi connectivity index (χ3n) is 4.73. The second-order valence-electron chi connectivity index (χ2n) is 5.84. The summed E-state index contributed by atoms with van der Waals surface area (Å²) in [5.41, 5.74) is 3.97. The number of anilines is 1. The Kier molecular flexibility index (Phi) is 2.95. The van der Waals surface area contributed by atoms with Crippen LogP contribution in [0.5, 0.6) is 5.75 Å². The number of allylic oxidation sites excluding steroid dienone is 2. The van der Waals surface area contributed by atoms with Crippen LogP contribution < -0.4 is 10.1 Å². The van der Waals surface area contributed by atoms with E-state index < -0.39 is 0 Å². The first kappa shape index (κ1) is 12.5. The largest absolute Gasteiger partial charge is 0.497 e. The lowest BCUT2D eigenvalue weighted by atomic mass is 9.77. The normalized spacial score (nSPS) is 25.9.